The van der Waals surface area contributed by atoms with Crippen LogP contribution in [0.4, 0.5) is 0 Å². The van der Waals surface area contributed by atoms with Crippen molar-refractivity contribution in [2.24, 2.45) is 5.92 Å². The SMILES string of the molecule is CC(C)C1=CC(=O)NC1=O. The molecule has 2 amide bonds. The number of hydrogen-bond acceptors (Lipinski definition) is 2. The largest absolute Gasteiger partial charge is 0.289 e. The van der Waals surface area contributed by atoms with E-state index in [0.29, 0.717) is 5.57 Å². The lowest BCUT2D eigenvalue weighted by atomic mass is 10.0. The van der Waals surface area contributed by atoms with Crippen molar-refractivity contribution in [3.05, 3.63) is 11.6 Å². The molecule has 0 aromatic heterocycles. The number of hydrogen-bond donors (Lipinski definition) is 1. The molecule has 1 heterocycles. The summed E-state index contributed by atoms with van der Waals surface area (Å²) in [5.74, 6) is -0.417. The average molecular weight is 139 g/mol. The molecule has 3 nitrogen and oxygen atoms in total. The summed E-state index contributed by atoms with van der Waals surface area (Å²) in [6.45, 7) is 3.76. The Morgan fingerprint density at radius 3 is 2.20 bits per heavy atom. The highest BCUT2D eigenvalue weighted by Crippen LogP contribution is 2.12. The predicted molar refractivity (Wildman–Crippen MR) is 36.1 cm³/mol. The van der Waals surface area contributed by atoms with Crippen LogP contribution in [0.25, 0.3) is 0 Å². The van der Waals surface area contributed by atoms with Gasteiger partial charge in [-0.2, -0.15) is 0 Å². The molecule has 1 N–H and O–H groups in total. The first-order chi connectivity index (χ1) is 4.61. The van der Waals surface area contributed by atoms with E-state index in [9.17, 15) is 9.59 Å². The van der Waals surface area contributed by atoms with Gasteiger partial charge in [0.2, 0.25) is 0 Å². The molecular weight excluding hydrogens is 130 g/mol. The van der Waals surface area contributed by atoms with Crippen molar-refractivity contribution in [2.45, 2.75) is 13.8 Å². The molecular formula is C7H9NO2. The van der Waals surface area contributed by atoms with Gasteiger partial charge in [-0.15, -0.1) is 0 Å². The predicted octanol–water partition coefficient (Wildman–Crippen LogP) is 0.225. The maximum Gasteiger partial charge on any atom is 0.254 e. The zero-order chi connectivity index (χ0) is 7.72. The Balaban J connectivity index is 2.85. The summed E-state index contributed by atoms with van der Waals surface area (Å²) in [5, 5.41) is 2.18. The first-order valence-electron chi connectivity index (χ1n) is 3.18. The van der Waals surface area contributed by atoms with Crippen LogP contribution in [0.5, 0.6) is 0 Å². The third kappa shape index (κ3) is 1.07. The molecule has 54 valence electrons. The summed E-state index contributed by atoms with van der Waals surface area (Å²) >= 11 is 0. The first kappa shape index (κ1) is 6.99. The van der Waals surface area contributed by atoms with E-state index in [1.54, 1.807) is 0 Å². The topological polar surface area (TPSA) is 46.2 Å². The monoisotopic (exact) mass is 139 g/mol. The fourth-order valence-corrected chi connectivity index (χ4v) is 0.856. The molecule has 1 aliphatic heterocycles. The molecule has 0 aromatic rings. The Morgan fingerprint density at radius 2 is 2.00 bits per heavy atom. The Hall–Kier alpha value is -1.12. The first-order valence-corrected chi connectivity index (χ1v) is 3.18. The van der Waals surface area contributed by atoms with Gasteiger partial charge in [0.05, 0.1) is 0 Å². The van der Waals surface area contributed by atoms with Crippen LogP contribution < -0.4 is 5.32 Å². The van der Waals surface area contributed by atoms with Gasteiger partial charge in [-0.25, -0.2) is 0 Å². The highest BCUT2D eigenvalue weighted by atomic mass is 16.2. The van der Waals surface area contributed by atoms with E-state index in [1.165, 1.54) is 6.08 Å². The van der Waals surface area contributed by atoms with Crippen LogP contribution in [-0.2, 0) is 9.59 Å². The fraction of sp³-hybridized carbons (Fsp3) is 0.429. The minimum absolute atomic E-state index is 0.131. The zero-order valence-corrected chi connectivity index (χ0v) is 5.97. The van der Waals surface area contributed by atoms with E-state index in [4.69, 9.17) is 0 Å². The summed E-state index contributed by atoms with van der Waals surface area (Å²) < 4.78 is 0. The highest BCUT2D eigenvalue weighted by Gasteiger charge is 2.22. The maximum atomic E-state index is 10.8. The highest BCUT2D eigenvalue weighted by molar-refractivity contribution is 6.16. The summed E-state index contributed by atoms with van der Waals surface area (Å²) in [6, 6.07) is 0. The second kappa shape index (κ2) is 2.25. The average Bonchev–Trinajstić information content (AvgIpc) is 2.10. The summed E-state index contributed by atoms with van der Waals surface area (Å²) in [6.07, 6.45) is 1.35. The van der Waals surface area contributed by atoms with Crippen LogP contribution in [0.15, 0.2) is 11.6 Å². The van der Waals surface area contributed by atoms with Gasteiger partial charge in [0.15, 0.2) is 0 Å². The molecule has 0 fully saturated rings. The van der Waals surface area contributed by atoms with Gasteiger partial charge in [-0.1, -0.05) is 13.8 Å². The Kier molecular flexibility index (Phi) is 1.57. The summed E-state index contributed by atoms with van der Waals surface area (Å²) in [7, 11) is 0. The van der Waals surface area contributed by atoms with Crippen molar-refractivity contribution >= 4 is 11.8 Å². The van der Waals surface area contributed by atoms with E-state index in [1.807, 2.05) is 13.8 Å². The van der Waals surface area contributed by atoms with Gasteiger partial charge in [-0.3, -0.25) is 14.9 Å². The zero-order valence-electron chi connectivity index (χ0n) is 5.97. The van der Waals surface area contributed by atoms with E-state index in [0.717, 1.165) is 0 Å². The molecule has 0 radical (unpaired) electrons. The minimum Gasteiger partial charge on any atom is -0.289 e. The Morgan fingerprint density at radius 1 is 1.40 bits per heavy atom. The number of amides is 2. The minimum atomic E-state index is -0.297. The lowest BCUT2D eigenvalue weighted by molar-refractivity contribution is -0.124. The van der Waals surface area contributed by atoms with E-state index < -0.39 is 0 Å². The molecule has 0 saturated carbocycles. The summed E-state index contributed by atoms with van der Waals surface area (Å²) in [5.41, 5.74) is 0.574. The van der Waals surface area contributed by atoms with Crippen molar-refractivity contribution in [2.75, 3.05) is 0 Å². The molecule has 0 spiro atoms. The van der Waals surface area contributed by atoms with Crippen molar-refractivity contribution in [1.29, 1.82) is 0 Å². The van der Waals surface area contributed by atoms with Gasteiger partial charge in [0, 0.05) is 11.6 Å². The molecule has 0 unspecified atom stereocenters. The van der Waals surface area contributed by atoms with Crippen molar-refractivity contribution in [1.82, 2.24) is 5.32 Å². The molecule has 0 aromatic carbocycles. The second-order valence-corrected chi connectivity index (χ2v) is 2.57. The number of nitrogens with one attached hydrogen (secondary N) is 1. The van der Waals surface area contributed by atoms with Crippen LogP contribution in [0.3, 0.4) is 0 Å². The van der Waals surface area contributed by atoms with Gasteiger partial charge in [-0.05, 0) is 5.92 Å². The Labute approximate surface area is 59.1 Å². The molecule has 10 heavy (non-hydrogen) atoms. The van der Waals surface area contributed by atoms with Crippen molar-refractivity contribution in [3.8, 4) is 0 Å². The van der Waals surface area contributed by atoms with Crippen LogP contribution >= 0.6 is 0 Å². The number of carbonyl (C=O) groups excluding carboxylic acids is 2. The molecule has 1 rings (SSSR count). The van der Waals surface area contributed by atoms with E-state index >= 15 is 0 Å². The van der Waals surface area contributed by atoms with E-state index in [2.05, 4.69) is 5.32 Å². The Bertz CT molecular complexity index is 216. The number of imide groups is 1. The molecule has 3 heteroatoms. The van der Waals surface area contributed by atoms with Crippen LogP contribution in [-0.4, -0.2) is 11.8 Å². The molecule has 0 atom stereocenters. The third-order valence-corrected chi connectivity index (χ3v) is 1.41. The molecule has 0 bridgehead atoms. The standard InChI is InChI=1S/C7H9NO2/c1-4(2)5-3-6(9)8-7(5)10/h3-4H,1-2H3,(H,8,9,10). The lowest BCUT2D eigenvalue weighted by Gasteiger charge is -2.00. The van der Waals surface area contributed by atoms with Gasteiger partial charge < -0.3 is 0 Å². The fourth-order valence-electron chi connectivity index (χ4n) is 0.856. The molecule has 0 aliphatic carbocycles. The number of rotatable bonds is 1. The van der Waals surface area contributed by atoms with Crippen LogP contribution in [0.2, 0.25) is 0 Å². The molecule has 1 aliphatic rings. The molecule has 0 saturated heterocycles. The van der Waals surface area contributed by atoms with Gasteiger partial charge in [0.25, 0.3) is 11.8 Å². The third-order valence-electron chi connectivity index (χ3n) is 1.41. The van der Waals surface area contributed by atoms with Crippen LogP contribution in [0, 0.1) is 5.92 Å². The quantitative estimate of drug-likeness (QED) is 0.528. The maximum absolute atomic E-state index is 10.8. The van der Waals surface area contributed by atoms with Gasteiger partial charge >= 0.3 is 0 Å². The van der Waals surface area contributed by atoms with Crippen molar-refractivity contribution in [3.63, 3.8) is 0 Å². The van der Waals surface area contributed by atoms with Crippen molar-refractivity contribution < 1.29 is 9.59 Å². The number of carbonyl (C=O) groups is 2. The van der Waals surface area contributed by atoms with Gasteiger partial charge in [0.1, 0.15) is 0 Å². The smallest absolute Gasteiger partial charge is 0.254 e. The normalized spacial score (nSPS) is 17.7. The van der Waals surface area contributed by atoms with Crippen LogP contribution in [0.1, 0.15) is 13.8 Å². The second-order valence-electron chi connectivity index (χ2n) is 2.57. The van der Waals surface area contributed by atoms with E-state index in [-0.39, 0.29) is 17.7 Å². The lowest BCUT2D eigenvalue weighted by Crippen LogP contribution is -2.23. The summed E-state index contributed by atoms with van der Waals surface area (Å²) in [4.78, 5) is 21.4.